The number of hydrogen-bond donors (Lipinski definition) is 0. The highest BCUT2D eigenvalue weighted by molar-refractivity contribution is 5.49. The molecule has 1 aliphatic rings. The zero-order chi connectivity index (χ0) is 8.39. The molecule has 1 fully saturated rings. The Morgan fingerprint density at radius 3 is 2.75 bits per heavy atom. The summed E-state index contributed by atoms with van der Waals surface area (Å²) in [4.78, 5) is 2.80. The Morgan fingerprint density at radius 2 is 2.08 bits per heavy atom. The van der Waals surface area contributed by atoms with Crippen LogP contribution in [0.1, 0.15) is 24.3 Å². The van der Waals surface area contributed by atoms with Gasteiger partial charge < -0.3 is 0 Å². The van der Waals surface area contributed by atoms with E-state index in [1.54, 1.807) is 0 Å². The van der Waals surface area contributed by atoms with Crippen LogP contribution < -0.4 is 0 Å². The minimum absolute atomic E-state index is 0.645. The summed E-state index contributed by atoms with van der Waals surface area (Å²) in [5, 5.41) is 3.65. The average Bonchev–Trinajstić information content (AvgIpc) is 2.89. The van der Waals surface area contributed by atoms with Crippen molar-refractivity contribution in [2.24, 2.45) is 5.11 Å². The second kappa shape index (κ2) is 2.88. The maximum Gasteiger partial charge on any atom is 0.0410 e. The number of rotatable bonds is 2. The van der Waals surface area contributed by atoms with Gasteiger partial charge in [-0.1, -0.05) is 29.4 Å². The lowest BCUT2D eigenvalue weighted by atomic mass is 10.1. The first-order valence-corrected chi connectivity index (χ1v) is 4.06. The molecule has 60 valence electrons. The molecule has 0 saturated heterocycles. The van der Waals surface area contributed by atoms with E-state index < -0.39 is 0 Å². The quantitative estimate of drug-likeness (QED) is 0.360. The fourth-order valence-electron chi connectivity index (χ4n) is 1.37. The van der Waals surface area contributed by atoms with E-state index in [1.807, 2.05) is 24.3 Å². The molecule has 0 radical (unpaired) electrons. The molecular weight excluding hydrogens is 150 g/mol. The maximum absolute atomic E-state index is 8.30. The molecule has 3 nitrogen and oxygen atoms in total. The van der Waals surface area contributed by atoms with E-state index in [-0.39, 0.29) is 0 Å². The van der Waals surface area contributed by atoms with Gasteiger partial charge in [0.2, 0.25) is 0 Å². The van der Waals surface area contributed by atoms with Crippen molar-refractivity contribution in [2.75, 3.05) is 0 Å². The van der Waals surface area contributed by atoms with Crippen LogP contribution in [-0.4, -0.2) is 0 Å². The lowest BCUT2D eigenvalue weighted by Gasteiger charge is -2.00. The molecule has 3 heteroatoms. The van der Waals surface area contributed by atoms with Crippen molar-refractivity contribution in [3.05, 3.63) is 40.3 Å². The molecule has 0 aliphatic heterocycles. The van der Waals surface area contributed by atoms with E-state index in [2.05, 4.69) is 10.0 Å². The Kier molecular flexibility index (Phi) is 1.72. The van der Waals surface area contributed by atoms with Gasteiger partial charge >= 0.3 is 0 Å². The average molecular weight is 159 g/mol. The molecule has 0 heterocycles. The summed E-state index contributed by atoms with van der Waals surface area (Å²) >= 11 is 0. The van der Waals surface area contributed by atoms with Gasteiger partial charge in [0.15, 0.2) is 0 Å². The topological polar surface area (TPSA) is 48.8 Å². The smallest absolute Gasteiger partial charge is 0.0410 e. The van der Waals surface area contributed by atoms with Crippen LogP contribution in [0.25, 0.3) is 10.4 Å². The third-order valence-electron chi connectivity index (χ3n) is 2.11. The fourth-order valence-corrected chi connectivity index (χ4v) is 1.37. The Balaban J connectivity index is 2.42. The molecule has 2 rings (SSSR count). The Hall–Kier alpha value is -1.47. The zero-order valence-electron chi connectivity index (χ0n) is 6.64. The molecule has 0 spiro atoms. The maximum atomic E-state index is 8.30. The molecule has 1 aromatic carbocycles. The monoisotopic (exact) mass is 159 g/mol. The van der Waals surface area contributed by atoms with E-state index in [0.29, 0.717) is 5.92 Å². The number of benzene rings is 1. The predicted molar refractivity (Wildman–Crippen MR) is 47.2 cm³/mol. The van der Waals surface area contributed by atoms with Crippen molar-refractivity contribution in [3.63, 3.8) is 0 Å². The van der Waals surface area contributed by atoms with Crippen LogP contribution >= 0.6 is 0 Å². The van der Waals surface area contributed by atoms with Crippen LogP contribution in [0.15, 0.2) is 29.4 Å². The molecule has 0 N–H and O–H groups in total. The highest BCUT2D eigenvalue weighted by atomic mass is 15.1. The first-order chi connectivity index (χ1) is 5.92. The fraction of sp³-hybridized carbons (Fsp3) is 0.333. The summed E-state index contributed by atoms with van der Waals surface area (Å²) in [7, 11) is 0. The lowest BCUT2D eigenvalue weighted by molar-refractivity contribution is 1.12. The van der Waals surface area contributed by atoms with Gasteiger partial charge in [-0.05, 0) is 29.9 Å². The van der Waals surface area contributed by atoms with Crippen molar-refractivity contribution in [3.8, 4) is 0 Å². The summed E-state index contributed by atoms with van der Waals surface area (Å²) in [5.41, 5.74) is 10.3. The summed E-state index contributed by atoms with van der Waals surface area (Å²) in [6, 6.07) is 7.80. The van der Waals surface area contributed by atoms with Gasteiger partial charge in [0.25, 0.3) is 0 Å². The summed E-state index contributed by atoms with van der Waals surface area (Å²) in [5.74, 6) is 0.645. The van der Waals surface area contributed by atoms with E-state index in [4.69, 9.17) is 5.53 Å². The predicted octanol–water partition coefficient (Wildman–Crippen LogP) is 3.51. The van der Waals surface area contributed by atoms with Gasteiger partial charge in [-0.25, -0.2) is 0 Å². The zero-order valence-corrected chi connectivity index (χ0v) is 6.64. The largest absolute Gasteiger partial charge is 0.0620 e. The Morgan fingerprint density at radius 1 is 1.33 bits per heavy atom. The third kappa shape index (κ3) is 1.27. The number of hydrogen-bond acceptors (Lipinski definition) is 1. The molecule has 0 atom stereocenters. The standard InChI is InChI=1S/C9H9N3/c10-12-11-9-4-2-1-3-8(9)7-5-6-7/h1-4,7H,5-6H2. The minimum Gasteiger partial charge on any atom is -0.0620 e. The van der Waals surface area contributed by atoms with E-state index in [9.17, 15) is 0 Å². The molecule has 12 heavy (non-hydrogen) atoms. The number of nitrogens with zero attached hydrogens (tertiary/aromatic N) is 3. The second-order valence-electron chi connectivity index (χ2n) is 3.02. The van der Waals surface area contributed by atoms with Crippen molar-refractivity contribution in [2.45, 2.75) is 18.8 Å². The van der Waals surface area contributed by atoms with Crippen LogP contribution in [-0.2, 0) is 0 Å². The normalized spacial score (nSPS) is 15.3. The highest BCUT2D eigenvalue weighted by Crippen LogP contribution is 2.44. The molecule has 0 aromatic heterocycles. The molecular formula is C9H9N3. The van der Waals surface area contributed by atoms with Crippen LogP contribution in [0.5, 0.6) is 0 Å². The number of azide groups is 1. The Bertz CT molecular complexity index is 335. The van der Waals surface area contributed by atoms with Gasteiger partial charge in [0.1, 0.15) is 0 Å². The van der Waals surface area contributed by atoms with Crippen molar-refractivity contribution < 1.29 is 0 Å². The van der Waals surface area contributed by atoms with E-state index >= 15 is 0 Å². The first kappa shape index (κ1) is 7.19. The van der Waals surface area contributed by atoms with Gasteiger partial charge in [0, 0.05) is 10.6 Å². The van der Waals surface area contributed by atoms with Crippen LogP contribution in [0.2, 0.25) is 0 Å². The van der Waals surface area contributed by atoms with Crippen molar-refractivity contribution in [1.82, 2.24) is 0 Å². The van der Waals surface area contributed by atoms with E-state index in [1.165, 1.54) is 18.4 Å². The summed E-state index contributed by atoms with van der Waals surface area (Å²) in [6.07, 6.45) is 2.47. The Labute approximate surface area is 70.7 Å². The molecule has 0 amide bonds. The first-order valence-electron chi connectivity index (χ1n) is 4.06. The molecule has 0 bridgehead atoms. The highest BCUT2D eigenvalue weighted by Gasteiger charge is 2.24. The molecule has 1 aliphatic carbocycles. The molecule has 1 saturated carbocycles. The SMILES string of the molecule is [N-]=[N+]=Nc1ccccc1C1CC1. The molecule has 1 aromatic rings. The van der Waals surface area contributed by atoms with Crippen molar-refractivity contribution in [1.29, 1.82) is 0 Å². The van der Waals surface area contributed by atoms with Gasteiger partial charge in [-0.3, -0.25) is 0 Å². The summed E-state index contributed by atoms with van der Waals surface area (Å²) in [6.45, 7) is 0. The van der Waals surface area contributed by atoms with Crippen LogP contribution in [0, 0.1) is 0 Å². The third-order valence-corrected chi connectivity index (χ3v) is 2.11. The molecule has 0 unspecified atom stereocenters. The lowest BCUT2D eigenvalue weighted by Crippen LogP contribution is -1.77. The van der Waals surface area contributed by atoms with Gasteiger partial charge in [-0.15, -0.1) is 0 Å². The minimum atomic E-state index is 0.645. The van der Waals surface area contributed by atoms with Crippen molar-refractivity contribution >= 4 is 5.69 Å². The van der Waals surface area contributed by atoms with Crippen LogP contribution in [0.3, 0.4) is 0 Å². The summed E-state index contributed by atoms with van der Waals surface area (Å²) < 4.78 is 0. The van der Waals surface area contributed by atoms with Crippen LogP contribution in [0.4, 0.5) is 5.69 Å². The van der Waals surface area contributed by atoms with Gasteiger partial charge in [0.05, 0.1) is 0 Å². The van der Waals surface area contributed by atoms with Gasteiger partial charge in [-0.2, -0.15) is 0 Å². The second-order valence-corrected chi connectivity index (χ2v) is 3.02. The van der Waals surface area contributed by atoms with E-state index in [0.717, 1.165) is 5.69 Å².